The molecule has 0 bridgehead atoms. The molecule has 2 N–H and O–H groups in total. The number of hydrogen-bond acceptors (Lipinski definition) is 7. The van der Waals surface area contributed by atoms with Gasteiger partial charge in [-0.15, -0.1) is 0 Å². The third-order valence-electron chi connectivity index (χ3n) is 5.02. The molecular weight excluding hydrogens is 408 g/mol. The topological polar surface area (TPSA) is 91.1 Å². The number of piperazine rings is 1. The van der Waals surface area contributed by atoms with E-state index in [1.165, 1.54) is 6.26 Å². The van der Waals surface area contributed by atoms with Crippen molar-refractivity contribution in [2.24, 2.45) is 0 Å². The van der Waals surface area contributed by atoms with E-state index >= 15 is 0 Å². The number of hydrogen-bond donors (Lipinski definition) is 2. The van der Waals surface area contributed by atoms with Crippen molar-refractivity contribution < 1.29 is 19.1 Å². The fourth-order valence-corrected chi connectivity index (χ4v) is 3.46. The van der Waals surface area contributed by atoms with Crippen LogP contribution in [0.1, 0.15) is 28.9 Å². The van der Waals surface area contributed by atoms with Gasteiger partial charge in [0.15, 0.2) is 5.69 Å². The van der Waals surface area contributed by atoms with Crippen molar-refractivity contribution in [3.8, 4) is 0 Å². The highest BCUT2D eigenvalue weighted by atomic mass is 35.5. The quantitative estimate of drug-likeness (QED) is 0.623. The average molecular weight is 437 g/mol. The van der Waals surface area contributed by atoms with E-state index in [1.807, 2.05) is 19.9 Å². The second-order valence-corrected chi connectivity index (χ2v) is 7.84. The first-order chi connectivity index (χ1) is 14.4. The Hall–Kier alpha value is -1.97. The monoisotopic (exact) mass is 436 g/mol. The third kappa shape index (κ3) is 6.52. The molecule has 1 unspecified atom stereocenters. The molecule has 2 heterocycles. The molecule has 2 aromatic rings. The maximum atomic E-state index is 12.4. The van der Waals surface area contributed by atoms with Crippen molar-refractivity contribution in [2.45, 2.75) is 26.5 Å². The van der Waals surface area contributed by atoms with Crippen LogP contribution >= 0.6 is 11.6 Å². The van der Waals surface area contributed by atoms with Gasteiger partial charge >= 0.3 is 0 Å². The summed E-state index contributed by atoms with van der Waals surface area (Å²) in [6.07, 6.45) is 0.911. The molecule has 0 radical (unpaired) electrons. The molecular formula is C21H29ClN4O4. The number of halogens is 1. The van der Waals surface area contributed by atoms with Gasteiger partial charge in [0, 0.05) is 50.0 Å². The van der Waals surface area contributed by atoms with Crippen LogP contribution in [0.4, 0.5) is 5.69 Å². The molecule has 9 heteroatoms. The van der Waals surface area contributed by atoms with Gasteiger partial charge in [0.2, 0.25) is 5.89 Å². The number of aliphatic hydroxyl groups is 1. The average Bonchev–Trinajstić information content (AvgIpc) is 3.19. The van der Waals surface area contributed by atoms with Gasteiger partial charge in [0.05, 0.1) is 19.3 Å². The molecule has 1 aromatic heterocycles. The Morgan fingerprint density at radius 2 is 2.07 bits per heavy atom. The summed E-state index contributed by atoms with van der Waals surface area (Å²) in [6.45, 7) is 9.34. The second-order valence-electron chi connectivity index (χ2n) is 7.43. The van der Waals surface area contributed by atoms with E-state index in [9.17, 15) is 9.90 Å². The first-order valence-electron chi connectivity index (χ1n) is 10.2. The molecule has 0 saturated carbocycles. The number of carbonyl (C=O) groups is 1. The SMILES string of the molecule is CCOCC(O)CN1CCN(Cc2nc(C(=O)Nc3ccc(C)c(Cl)c3)co2)CC1. The molecule has 3 rings (SSSR count). The van der Waals surface area contributed by atoms with Crippen molar-refractivity contribution in [3.05, 3.63) is 46.6 Å². The van der Waals surface area contributed by atoms with Gasteiger partial charge in [-0.25, -0.2) is 4.98 Å². The Kier molecular flexibility index (Phi) is 8.24. The smallest absolute Gasteiger partial charge is 0.277 e. The number of carbonyl (C=O) groups excluding carboxylic acids is 1. The number of aromatic nitrogens is 1. The highest BCUT2D eigenvalue weighted by molar-refractivity contribution is 6.31. The Morgan fingerprint density at radius 3 is 2.77 bits per heavy atom. The maximum Gasteiger partial charge on any atom is 0.277 e. The minimum absolute atomic E-state index is 0.236. The summed E-state index contributed by atoms with van der Waals surface area (Å²) in [4.78, 5) is 21.2. The molecule has 8 nitrogen and oxygen atoms in total. The van der Waals surface area contributed by atoms with Gasteiger partial charge < -0.3 is 19.6 Å². The zero-order valence-corrected chi connectivity index (χ0v) is 18.2. The molecule has 0 aliphatic carbocycles. The molecule has 1 amide bonds. The fourth-order valence-electron chi connectivity index (χ4n) is 3.28. The first kappa shape index (κ1) is 22.7. The van der Waals surface area contributed by atoms with Crippen LogP contribution < -0.4 is 5.32 Å². The van der Waals surface area contributed by atoms with Crippen molar-refractivity contribution in [1.82, 2.24) is 14.8 Å². The highest BCUT2D eigenvalue weighted by Gasteiger charge is 2.21. The highest BCUT2D eigenvalue weighted by Crippen LogP contribution is 2.20. The summed E-state index contributed by atoms with van der Waals surface area (Å²) in [5, 5.41) is 13.3. The van der Waals surface area contributed by atoms with Crippen LogP contribution in [0.2, 0.25) is 5.02 Å². The van der Waals surface area contributed by atoms with E-state index < -0.39 is 6.10 Å². The zero-order valence-electron chi connectivity index (χ0n) is 17.4. The molecule has 1 aliphatic rings. The number of benzene rings is 1. The van der Waals surface area contributed by atoms with Crippen molar-refractivity contribution in [3.63, 3.8) is 0 Å². The number of rotatable bonds is 9. The minimum atomic E-state index is -0.465. The third-order valence-corrected chi connectivity index (χ3v) is 5.43. The van der Waals surface area contributed by atoms with Crippen LogP contribution in [-0.2, 0) is 11.3 Å². The largest absolute Gasteiger partial charge is 0.447 e. The normalized spacial score (nSPS) is 16.5. The predicted molar refractivity (Wildman–Crippen MR) is 115 cm³/mol. The van der Waals surface area contributed by atoms with Crippen molar-refractivity contribution in [1.29, 1.82) is 0 Å². The van der Waals surface area contributed by atoms with Crippen LogP contribution in [0, 0.1) is 6.92 Å². The van der Waals surface area contributed by atoms with E-state index in [2.05, 4.69) is 20.1 Å². The molecule has 1 saturated heterocycles. The van der Waals surface area contributed by atoms with Gasteiger partial charge in [0.1, 0.15) is 6.26 Å². The lowest BCUT2D eigenvalue weighted by molar-refractivity contribution is 0.00949. The molecule has 30 heavy (non-hydrogen) atoms. The van der Waals surface area contributed by atoms with Crippen molar-refractivity contribution >= 4 is 23.2 Å². The number of aryl methyl sites for hydroxylation is 1. The van der Waals surface area contributed by atoms with Crippen molar-refractivity contribution in [2.75, 3.05) is 51.3 Å². The lowest BCUT2D eigenvalue weighted by Crippen LogP contribution is -2.48. The Balaban J connectivity index is 1.45. The van der Waals surface area contributed by atoms with E-state index in [0.717, 1.165) is 31.7 Å². The van der Waals surface area contributed by atoms with Gasteiger partial charge in [-0.3, -0.25) is 14.6 Å². The summed E-state index contributed by atoms with van der Waals surface area (Å²) in [6, 6.07) is 5.35. The second kappa shape index (κ2) is 10.9. The molecule has 1 fully saturated rings. The summed E-state index contributed by atoms with van der Waals surface area (Å²) in [7, 11) is 0. The Labute approximate surface area is 181 Å². The van der Waals surface area contributed by atoms with E-state index in [-0.39, 0.29) is 11.6 Å². The number of nitrogens with one attached hydrogen (secondary N) is 1. The number of oxazole rings is 1. The molecule has 1 aliphatic heterocycles. The summed E-state index contributed by atoms with van der Waals surface area (Å²) in [5.41, 5.74) is 1.80. The van der Waals surface area contributed by atoms with Crippen LogP contribution in [0.3, 0.4) is 0 Å². The Morgan fingerprint density at radius 1 is 1.33 bits per heavy atom. The predicted octanol–water partition coefficient (Wildman–Crippen LogP) is 2.40. The number of aliphatic hydroxyl groups excluding tert-OH is 1. The van der Waals surface area contributed by atoms with Crippen LogP contribution in [0.25, 0.3) is 0 Å². The lowest BCUT2D eigenvalue weighted by atomic mass is 10.2. The minimum Gasteiger partial charge on any atom is -0.447 e. The van der Waals surface area contributed by atoms with Gasteiger partial charge in [-0.2, -0.15) is 0 Å². The molecule has 1 atom stereocenters. The number of nitrogens with zero attached hydrogens (tertiary/aromatic N) is 3. The summed E-state index contributed by atoms with van der Waals surface area (Å²) < 4.78 is 10.8. The van der Waals surface area contributed by atoms with Gasteiger partial charge in [0.25, 0.3) is 5.91 Å². The standard InChI is InChI=1S/C21H29ClN4O4/c1-3-29-13-17(27)11-25-6-8-26(9-7-25)12-20-24-19(14-30-20)21(28)23-16-5-4-15(2)18(22)10-16/h4-5,10,14,17,27H,3,6-9,11-13H2,1-2H3,(H,23,28). The van der Waals surface area contributed by atoms with E-state index in [1.54, 1.807) is 12.1 Å². The number of β-amino-alcohol motifs (C(OH)–C–C–N with tert-alkyl or cyclic N) is 1. The summed E-state index contributed by atoms with van der Waals surface area (Å²) >= 11 is 6.10. The maximum absolute atomic E-state index is 12.4. The fraction of sp³-hybridized carbons (Fsp3) is 0.524. The Bertz CT molecular complexity index is 836. The van der Waals surface area contributed by atoms with E-state index in [4.69, 9.17) is 20.8 Å². The molecule has 164 valence electrons. The lowest BCUT2D eigenvalue weighted by Gasteiger charge is -2.34. The molecule has 1 aromatic carbocycles. The first-order valence-corrected chi connectivity index (χ1v) is 10.5. The van der Waals surface area contributed by atoms with Crippen LogP contribution in [0.15, 0.2) is 28.9 Å². The van der Waals surface area contributed by atoms with Gasteiger partial charge in [-0.05, 0) is 31.5 Å². The molecule has 0 spiro atoms. The zero-order chi connectivity index (χ0) is 21.5. The van der Waals surface area contributed by atoms with Crippen LogP contribution in [0.5, 0.6) is 0 Å². The number of ether oxygens (including phenoxy) is 1. The summed E-state index contributed by atoms with van der Waals surface area (Å²) in [5.74, 6) is 0.171. The van der Waals surface area contributed by atoms with Gasteiger partial charge in [-0.1, -0.05) is 17.7 Å². The van der Waals surface area contributed by atoms with E-state index in [0.29, 0.717) is 42.9 Å². The van der Waals surface area contributed by atoms with Crippen LogP contribution in [-0.4, -0.2) is 77.8 Å². The number of amides is 1. The number of anilines is 1.